The van der Waals surface area contributed by atoms with Gasteiger partial charge in [-0.2, -0.15) is 5.10 Å². The van der Waals surface area contributed by atoms with E-state index in [2.05, 4.69) is 14.6 Å². The first kappa shape index (κ1) is 19.1. The fraction of sp³-hybridized carbons (Fsp3) is 0.280. The third-order valence-electron chi connectivity index (χ3n) is 6.11. The lowest BCUT2D eigenvalue weighted by Gasteiger charge is -2.26. The number of carbonyl (C=O) groups excluding carboxylic acids is 1. The molecule has 7 nitrogen and oxygen atoms in total. The van der Waals surface area contributed by atoms with Crippen LogP contribution in [-0.4, -0.2) is 56.9 Å². The molecule has 6 rings (SSSR count). The van der Waals surface area contributed by atoms with Gasteiger partial charge in [0.15, 0.2) is 5.82 Å². The Morgan fingerprint density at radius 1 is 0.938 bits per heavy atom. The maximum Gasteiger partial charge on any atom is 0.254 e. The molecular weight excluding hydrogens is 402 g/mol. The monoisotopic (exact) mass is 425 g/mol. The van der Waals surface area contributed by atoms with Crippen molar-refractivity contribution >= 4 is 16.8 Å². The summed E-state index contributed by atoms with van der Waals surface area (Å²) in [5.41, 5.74) is 4.45. The van der Waals surface area contributed by atoms with Crippen LogP contribution in [0.3, 0.4) is 0 Å². The smallest absolute Gasteiger partial charge is 0.254 e. The molecule has 32 heavy (non-hydrogen) atoms. The van der Waals surface area contributed by atoms with E-state index in [0.29, 0.717) is 43.7 Å². The lowest BCUT2D eigenvalue weighted by atomic mass is 10.1. The standard InChI is InChI=1S/C25H23N5O2/c31-25(29-10-12-32-13-11-29)18-6-9-22-21(14-18)23(28-30(22)20-7-8-20)24-26-15-19(16-27-24)17-4-2-1-3-5-17/h1-6,9,14-16,20H,7-8,10-13H2. The zero-order chi connectivity index (χ0) is 21.5. The number of aromatic nitrogens is 4. The second-order valence-corrected chi connectivity index (χ2v) is 8.32. The minimum absolute atomic E-state index is 0.0284. The van der Waals surface area contributed by atoms with Crippen molar-refractivity contribution in [3.05, 3.63) is 66.5 Å². The number of ether oxygens (including phenoxy) is 1. The molecule has 3 heterocycles. The van der Waals surface area contributed by atoms with Crippen molar-refractivity contribution < 1.29 is 9.53 Å². The third-order valence-corrected chi connectivity index (χ3v) is 6.11. The number of carbonyl (C=O) groups is 1. The van der Waals surface area contributed by atoms with Gasteiger partial charge in [-0.05, 0) is 36.6 Å². The molecule has 0 radical (unpaired) electrons. The first-order valence-electron chi connectivity index (χ1n) is 11.0. The predicted octanol–water partition coefficient (Wildman–Crippen LogP) is 3.97. The number of hydrogen-bond donors (Lipinski definition) is 0. The molecule has 2 aromatic heterocycles. The molecule has 0 atom stereocenters. The van der Waals surface area contributed by atoms with Crippen LogP contribution in [0.1, 0.15) is 29.2 Å². The summed E-state index contributed by atoms with van der Waals surface area (Å²) in [6.07, 6.45) is 5.92. The highest BCUT2D eigenvalue weighted by Gasteiger charge is 2.29. The van der Waals surface area contributed by atoms with Gasteiger partial charge < -0.3 is 9.64 Å². The van der Waals surface area contributed by atoms with Crippen molar-refractivity contribution in [3.63, 3.8) is 0 Å². The second kappa shape index (κ2) is 7.84. The highest BCUT2D eigenvalue weighted by Crippen LogP contribution is 2.39. The Morgan fingerprint density at radius 2 is 1.69 bits per heavy atom. The van der Waals surface area contributed by atoms with Gasteiger partial charge in [0.05, 0.1) is 24.8 Å². The third kappa shape index (κ3) is 3.44. The molecule has 0 spiro atoms. The SMILES string of the molecule is O=C(c1ccc2c(c1)c(-c1ncc(-c3ccccc3)cn1)nn2C1CC1)N1CCOCC1. The molecule has 2 fully saturated rings. The number of fused-ring (bicyclic) bond motifs is 1. The van der Waals surface area contributed by atoms with Crippen molar-refractivity contribution in [1.82, 2.24) is 24.6 Å². The van der Waals surface area contributed by atoms with E-state index < -0.39 is 0 Å². The van der Waals surface area contributed by atoms with Crippen LogP contribution in [0.15, 0.2) is 60.9 Å². The average Bonchev–Trinajstić information content (AvgIpc) is 3.65. The molecule has 1 saturated heterocycles. The highest BCUT2D eigenvalue weighted by atomic mass is 16.5. The minimum atomic E-state index is 0.0284. The lowest BCUT2D eigenvalue weighted by molar-refractivity contribution is 0.0303. The Kier molecular flexibility index (Phi) is 4.69. The van der Waals surface area contributed by atoms with Gasteiger partial charge in [0.2, 0.25) is 0 Å². The Morgan fingerprint density at radius 3 is 2.41 bits per heavy atom. The van der Waals surface area contributed by atoms with Crippen LogP contribution < -0.4 is 0 Å². The van der Waals surface area contributed by atoms with E-state index in [9.17, 15) is 4.79 Å². The number of nitrogens with zero attached hydrogens (tertiary/aromatic N) is 5. The molecule has 0 unspecified atom stereocenters. The molecule has 1 amide bonds. The number of amides is 1. The van der Waals surface area contributed by atoms with Crippen LogP contribution in [0.25, 0.3) is 33.5 Å². The van der Waals surface area contributed by atoms with Crippen molar-refractivity contribution in [3.8, 4) is 22.6 Å². The topological polar surface area (TPSA) is 73.1 Å². The molecule has 2 aliphatic rings. The van der Waals surface area contributed by atoms with Gasteiger partial charge in [0.25, 0.3) is 5.91 Å². The van der Waals surface area contributed by atoms with E-state index >= 15 is 0 Å². The maximum absolute atomic E-state index is 13.1. The molecular formula is C25H23N5O2. The molecule has 4 aromatic rings. The van der Waals surface area contributed by atoms with Crippen LogP contribution >= 0.6 is 0 Å². The summed E-state index contributed by atoms with van der Waals surface area (Å²) in [7, 11) is 0. The summed E-state index contributed by atoms with van der Waals surface area (Å²) in [5, 5.41) is 5.80. The van der Waals surface area contributed by atoms with Crippen LogP contribution in [0.4, 0.5) is 0 Å². The molecule has 1 saturated carbocycles. The second-order valence-electron chi connectivity index (χ2n) is 8.32. The Labute approximate surface area is 185 Å². The van der Waals surface area contributed by atoms with E-state index in [-0.39, 0.29) is 5.91 Å². The fourth-order valence-electron chi connectivity index (χ4n) is 4.22. The Balaban J connectivity index is 1.41. The molecule has 1 aliphatic carbocycles. The first-order valence-corrected chi connectivity index (χ1v) is 11.0. The van der Waals surface area contributed by atoms with Crippen LogP contribution in [-0.2, 0) is 4.74 Å². The summed E-state index contributed by atoms with van der Waals surface area (Å²) < 4.78 is 7.46. The van der Waals surface area contributed by atoms with Gasteiger partial charge in [-0.1, -0.05) is 30.3 Å². The van der Waals surface area contributed by atoms with E-state index in [4.69, 9.17) is 9.84 Å². The van der Waals surface area contributed by atoms with Gasteiger partial charge in [-0.25, -0.2) is 9.97 Å². The summed E-state index contributed by atoms with van der Waals surface area (Å²) in [6, 6.07) is 16.4. The van der Waals surface area contributed by atoms with E-state index in [1.54, 1.807) is 0 Å². The van der Waals surface area contributed by atoms with Gasteiger partial charge >= 0.3 is 0 Å². The summed E-state index contributed by atoms with van der Waals surface area (Å²) in [5.74, 6) is 0.603. The predicted molar refractivity (Wildman–Crippen MR) is 121 cm³/mol. The zero-order valence-corrected chi connectivity index (χ0v) is 17.6. The highest BCUT2D eigenvalue weighted by molar-refractivity contribution is 6.01. The average molecular weight is 425 g/mol. The lowest BCUT2D eigenvalue weighted by Crippen LogP contribution is -2.40. The Bertz CT molecular complexity index is 1270. The molecule has 1 aliphatic heterocycles. The van der Waals surface area contributed by atoms with E-state index in [1.165, 1.54) is 0 Å². The largest absolute Gasteiger partial charge is 0.378 e. The number of benzene rings is 2. The van der Waals surface area contributed by atoms with Crippen LogP contribution in [0, 0.1) is 0 Å². The fourth-order valence-corrected chi connectivity index (χ4v) is 4.22. The summed E-state index contributed by atoms with van der Waals surface area (Å²) in [6.45, 7) is 2.41. The van der Waals surface area contributed by atoms with Crippen LogP contribution in [0.2, 0.25) is 0 Å². The summed E-state index contributed by atoms with van der Waals surface area (Å²) in [4.78, 5) is 24.2. The van der Waals surface area contributed by atoms with E-state index in [1.807, 2.05) is 65.8 Å². The van der Waals surface area contributed by atoms with Crippen molar-refractivity contribution in [2.45, 2.75) is 18.9 Å². The quantitative estimate of drug-likeness (QED) is 0.495. The van der Waals surface area contributed by atoms with Gasteiger partial charge in [-0.3, -0.25) is 9.48 Å². The maximum atomic E-state index is 13.1. The van der Waals surface area contributed by atoms with Crippen LogP contribution in [0.5, 0.6) is 0 Å². The van der Waals surface area contributed by atoms with Gasteiger partial charge in [0, 0.05) is 42.0 Å². The number of rotatable bonds is 4. The number of morpholine rings is 1. The molecule has 160 valence electrons. The van der Waals surface area contributed by atoms with E-state index in [0.717, 1.165) is 40.6 Å². The summed E-state index contributed by atoms with van der Waals surface area (Å²) >= 11 is 0. The van der Waals surface area contributed by atoms with Gasteiger partial charge in [-0.15, -0.1) is 0 Å². The number of hydrogen-bond acceptors (Lipinski definition) is 5. The van der Waals surface area contributed by atoms with Crippen molar-refractivity contribution in [2.75, 3.05) is 26.3 Å². The van der Waals surface area contributed by atoms with Crippen molar-refractivity contribution in [2.24, 2.45) is 0 Å². The molecule has 7 heteroatoms. The zero-order valence-electron chi connectivity index (χ0n) is 17.6. The van der Waals surface area contributed by atoms with Crippen molar-refractivity contribution in [1.29, 1.82) is 0 Å². The molecule has 2 aromatic carbocycles. The molecule has 0 bridgehead atoms. The minimum Gasteiger partial charge on any atom is -0.378 e. The van der Waals surface area contributed by atoms with Gasteiger partial charge in [0.1, 0.15) is 5.69 Å². The normalized spacial score (nSPS) is 16.4. The first-order chi connectivity index (χ1) is 15.8. The Hall–Kier alpha value is -3.58. The molecule has 0 N–H and O–H groups in total.